The van der Waals surface area contributed by atoms with Gasteiger partial charge in [0.05, 0.1) is 0 Å². The number of hydrogen-bond donors (Lipinski definition) is 1. The minimum atomic E-state index is -0.128. The highest BCUT2D eigenvalue weighted by Crippen LogP contribution is 2.49. The van der Waals surface area contributed by atoms with Gasteiger partial charge in [-0.05, 0) is 37.3 Å². The van der Waals surface area contributed by atoms with Gasteiger partial charge in [-0.3, -0.25) is 4.90 Å². The van der Waals surface area contributed by atoms with E-state index in [1.807, 2.05) is 12.1 Å². The number of hydrogen-bond acceptors (Lipinski definition) is 2. The molecule has 1 fully saturated rings. The van der Waals surface area contributed by atoms with Crippen LogP contribution in [0.4, 0.5) is 4.39 Å². The van der Waals surface area contributed by atoms with E-state index >= 15 is 0 Å². The summed E-state index contributed by atoms with van der Waals surface area (Å²) in [5.74, 6) is 0.399. The average Bonchev–Trinajstić information content (AvgIpc) is 2.62. The molecule has 2 atom stereocenters. The van der Waals surface area contributed by atoms with Gasteiger partial charge in [-0.1, -0.05) is 39.0 Å². The molecule has 0 spiro atoms. The summed E-state index contributed by atoms with van der Waals surface area (Å²) < 4.78 is 13.9. The van der Waals surface area contributed by atoms with Crippen molar-refractivity contribution in [2.24, 2.45) is 17.1 Å². The Morgan fingerprint density at radius 2 is 2.00 bits per heavy atom. The molecule has 0 aliphatic heterocycles. The van der Waals surface area contributed by atoms with E-state index in [4.69, 9.17) is 5.73 Å². The van der Waals surface area contributed by atoms with Crippen molar-refractivity contribution in [3.05, 3.63) is 35.6 Å². The monoisotopic (exact) mass is 278 g/mol. The van der Waals surface area contributed by atoms with E-state index in [2.05, 4.69) is 32.7 Å². The summed E-state index contributed by atoms with van der Waals surface area (Å²) in [5.41, 5.74) is 7.17. The highest BCUT2D eigenvalue weighted by atomic mass is 19.1. The Balaban J connectivity index is 2.22. The molecule has 1 aromatic rings. The summed E-state index contributed by atoms with van der Waals surface area (Å²) in [6.45, 7) is 8.13. The first-order valence-corrected chi connectivity index (χ1v) is 7.45. The minimum Gasteiger partial charge on any atom is -0.329 e. The van der Waals surface area contributed by atoms with Crippen molar-refractivity contribution in [1.82, 2.24) is 4.90 Å². The fraction of sp³-hybridized carbons (Fsp3) is 0.647. The van der Waals surface area contributed by atoms with Crippen LogP contribution in [0.15, 0.2) is 24.3 Å². The van der Waals surface area contributed by atoms with Crippen LogP contribution in [0.1, 0.15) is 39.2 Å². The zero-order valence-corrected chi connectivity index (χ0v) is 13.1. The molecule has 0 radical (unpaired) electrons. The quantitative estimate of drug-likeness (QED) is 0.914. The zero-order valence-electron chi connectivity index (χ0n) is 13.1. The molecule has 2 nitrogen and oxygen atoms in total. The second-order valence-electron chi connectivity index (χ2n) is 7.20. The first kappa shape index (κ1) is 15.5. The lowest BCUT2D eigenvalue weighted by atomic mass is 9.84. The fourth-order valence-corrected chi connectivity index (χ4v) is 4.07. The van der Waals surface area contributed by atoms with Gasteiger partial charge in [0, 0.05) is 24.2 Å². The van der Waals surface area contributed by atoms with Crippen molar-refractivity contribution in [2.75, 3.05) is 13.6 Å². The highest BCUT2D eigenvalue weighted by Gasteiger charge is 2.50. The third-order valence-electron chi connectivity index (χ3n) is 5.04. The lowest BCUT2D eigenvalue weighted by Crippen LogP contribution is -2.54. The first-order valence-electron chi connectivity index (χ1n) is 7.45. The summed E-state index contributed by atoms with van der Waals surface area (Å²) >= 11 is 0. The van der Waals surface area contributed by atoms with Gasteiger partial charge in [-0.25, -0.2) is 4.39 Å². The fourth-order valence-electron chi connectivity index (χ4n) is 4.07. The topological polar surface area (TPSA) is 29.3 Å². The maximum atomic E-state index is 13.9. The molecule has 2 N–H and O–H groups in total. The molecule has 2 unspecified atom stereocenters. The van der Waals surface area contributed by atoms with Gasteiger partial charge >= 0.3 is 0 Å². The van der Waals surface area contributed by atoms with Crippen LogP contribution >= 0.6 is 0 Å². The molecule has 3 heteroatoms. The van der Waals surface area contributed by atoms with Crippen LogP contribution in [0.3, 0.4) is 0 Å². The van der Waals surface area contributed by atoms with Crippen LogP contribution in [-0.4, -0.2) is 24.0 Å². The van der Waals surface area contributed by atoms with Crippen LogP contribution < -0.4 is 5.73 Å². The standard InChI is InChI=1S/C17H27FN2/c1-13-9-16(2,3)11-17(13,12-19)20(4)10-14-7-5-6-8-15(14)18/h5-8,13H,9-12,19H2,1-4H3. The van der Waals surface area contributed by atoms with Gasteiger partial charge in [0.1, 0.15) is 5.82 Å². The number of nitrogens with two attached hydrogens (primary N) is 1. The van der Waals surface area contributed by atoms with Gasteiger partial charge in [-0.15, -0.1) is 0 Å². The lowest BCUT2D eigenvalue weighted by Gasteiger charge is -2.42. The summed E-state index contributed by atoms with van der Waals surface area (Å²) in [5, 5.41) is 0. The Morgan fingerprint density at radius 3 is 2.50 bits per heavy atom. The van der Waals surface area contributed by atoms with E-state index in [1.165, 1.54) is 12.5 Å². The van der Waals surface area contributed by atoms with Crippen LogP contribution in [0.25, 0.3) is 0 Å². The molecule has 1 saturated carbocycles. The van der Waals surface area contributed by atoms with E-state index in [1.54, 1.807) is 6.07 Å². The average molecular weight is 278 g/mol. The van der Waals surface area contributed by atoms with Crippen LogP contribution in [0.2, 0.25) is 0 Å². The van der Waals surface area contributed by atoms with Crippen molar-refractivity contribution < 1.29 is 4.39 Å². The number of likely N-dealkylation sites (N-methyl/N-ethyl adjacent to an activating group) is 1. The smallest absolute Gasteiger partial charge is 0.127 e. The minimum absolute atomic E-state index is 0.0220. The van der Waals surface area contributed by atoms with Crippen molar-refractivity contribution in [1.29, 1.82) is 0 Å². The predicted octanol–water partition coefficient (Wildman–Crippen LogP) is 3.41. The third kappa shape index (κ3) is 2.75. The SMILES string of the molecule is CC1CC(C)(C)CC1(CN)N(C)Cc1ccccc1F. The van der Waals surface area contributed by atoms with Gasteiger partial charge in [0.25, 0.3) is 0 Å². The Bertz CT molecular complexity index is 472. The summed E-state index contributed by atoms with van der Waals surface area (Å²) in [6.07, 6.45) is 2.24. The number of nitrogens with zero attached hydrogens (tertiary/aromatic N) is 1. The highest BCUT2D eigenvalue weighted by molar-refractivity contribution is 5.18. The Morgan fingerprint density at radius 1 is 1.35 bits per heavy atom. The predicted molar refractivity (Wildman–Crippen MR) is 81.8 cm³/mol. The van der Waals surface area contributed by atoms with Crippen LogP contribution in [0.5, 0.6) is 0 Å². The maximum Gasteiger partial charge on any atom is 0.127 e. The Hall–Kier alpha value is -0.930. The molecule has 0 bridgehead atoms. The van der Waals surface area contributed by atoms with E-state index in [9.17, 15) is 4.39 Å². The molecule has 1 aliphatic carbocycles. The lowest BCUT2D eigenvalue weighted by molar-refractivity contribution is 0.0775. The largest absolute Gasteiger partial charge is 0.329 e. The molecule has 2 rings (SSSR count). The summed E-state index contributed by atoms with van der Waals surface area (Å²) in [7, 11) is 2.08. The second kappa shape index (κ2) is 5.45. The molecule has 0 heterocycles. The molecule has 112 valence electrons. The van der Waals surface area contributed by atoms with Gasteiger partial charge in [-0.2, -0.15) is 0 Å². The van der Waals surface area contributed by atoms with Crippen LogP contribution in [0, 0.1) is 17.2 Å². The maximum absolute atomic E-state index is 13.9. The molecule has 20 heavy (non-hydrogen) atoms. The molecule has 1 aromatic carbocycles. The Kier molecular flexibility index (Phi) is 4.22. The van der Waals surface area contributed by atoms with E-state index < -0.39 is 0 Å². The van der Waals surface area contributed by atoms with Crippen molar-refractivity contribution in [3.63, 3.8) is 0 Å². The summed E-state index contributed by atoms with van der Waals surface area (Å²) in [4.78, 5) is 2.27. The summed E-state index contributed by atoms with van der Waals surface area (Å²) in [6, 6.07) is 7.02. The molecular formula is C17H27FN2. The molecular weight excluding hydrogens is 251 g/mol. The van der Waals surface area contributed by atoms with Gasteiger partial charge < -0.3 is 5.73 Å². The molecule has 1 aliphatic rings. The molecule has 0 amide bonds. The third-order valence-corrected chi connectivity index (χ3v) is 5.04. The number of rotatable bonds is 4. The first-order chi connectivity index (χ1) is 9.31. The van der Waals surface area contributed by atoms with Gasteiger partial charge in [0.2, 0.25) is 0 Å². The van der Waals surface area contributed by atoms with Crippen molar-refractivity contribution in [2.45, 2.75) is 45.7 Å². The zero-order chi connectivity index (χ0) is 15.0. The number of halogens is 1. The van der Waals surface area contributed by atoms with Crippen molar-refractivity contribution in [3.8, 4) is 0 Å². The molecule has 0 aromatic heterocycles. The molecule has 0 saturated heterocycles. The van der Waals surface area contributed by atoms with E-state index in [0.29, 0.717) is 24.4 Å². The van der Waals surface area contributed by atoms with Crippen molar-refractivity contribution >= 4 is 0 Å². The van der Waals surface area contributed by atoms with E-state index in [-0.39, 0.29) is 11.4 Å². The Labute approximate surface area is 122 Å². The second-order valence-corrected chi connectivity index (χ2v) is 7.20. The normalized spacial score (nSPS) is 29.1. The van der Waals surface area contributed by atoms with Gasteiger partial charge in [0.15, 0.2) is 0 Å². The van der Waals surface area contributed by atoms with E-state index in [0.717, 1.165) is 12.0 Å². The number of benzene rings is 1. The van der Waals surface area contributed by atoms with Crippen LogP contribution in [-0.2, 0) is 6.54 Å².